The Balaban J connectivity index is 1.42. The maximum absolute atomic E-state index is 12.2. The van der Waals surface area contributed by atoms with E-state index >= 15 is 0 Å². The van der Waals surface area contributed by atoms with Crippen LogP contribution in [-0.4, -0.2) is 28.8 Å². The fraction of sp³-hybridized carbons (Fsp3) is 0.375. The van der Waals surface area contributed by atoms with Gasteiger partial charge in [-0.2, -0.15) is 5.10 Å². The predicted molar refractivity (Wildman–Crippen MR) is 77.5 cm³/mol. The lowest BCUT2D eigenvalue weighted by molar-refractivity contribution is 0.0910. The molecule has 0 radical (unpaired) electrons. The topological polar surface area (TPSA) is 67.0 Å². The Hall–Kier alpha value is -2.30. The highest BCUT2D eigenvalue weighted by Gasteiger charge is 2.27. The van der Waals surface area contributed by atoms with Crippen molar-refractivity contribution in [2.24, 2.45) is 0 Å². The number of hydrogen-bond donors (Lipinski definition) is 2. The molecule has 1 aliphatic heterocycles. The minimum atomic E-state index is -0.133. The largest absolute Gasteiger partial charge is 0.491 e. The summed E-state index contributed by atoms with van der Waals surface area (Å²) in [6, 6.07) is 9.80. The molecule has 2 aliphatic rings. The van der Waals surface area contributed by atoms with Gasteiger partial charge in [-0.3, -0.25) is 9.89 Å². The maximum Gasteiger partial charge on any atom is 0.272 e. The van der Waals surface area contributed by atoms with Crippen LogP contribution >= 0.6 is 0 Å². The van der Waals surface area contributed by atoms with E-state index in [1.54, 1.807) is 0 Å². The number of carbonyl (C=O) groups is 1. The molecule has 1 aromatic heterocycles. The van der Waals surface area contributed by atoms with E-state index in [1.807, 2.05) is 30.3 Å². The van der Waals surface area contributed by atoms with Crippen LogP contribution in [0.5, 0.6) is 5.75 Å². The Morgan fingerprint density at radius 3 is 3.05 bits per heavy atom. The average Bonchev–Trinajstić information content (AvgIpc) is 3.24. The van der Waals surface area contributed by atoms with E-state index in [1.165, 1.54) is 12.8 Å². The number of para-hydroxylation sites is 1. The van der Waals surface area contributed by atoms with Crippen molar-refractivity contribution in [2.75, 3.05) is 6.61 Å². The number of carbonyl (C=O) groups excluding carboxylic acids is 1. The highest BCUT2D eigenvalue weighted by atomic mass is 16.5. The molecule has 5 nitrogen and oxygen atoms in total. The number of aromatic amines is 1. The Bertz CT molecular complexity index is 676. The summed E-state index contributed by atoms with van der Waals surface area (Å²) in [6.45, 7) is 0.503. The summed E-state index contributed by atoms with van der Waals surface area (Å²) in [7, 11) is 0. The standard InChI is InChI=1S/C16H17N3O2/c20-16(14-8-13(18-19-14)10-5-6-10)17-12-7-11-3-1-2-4-15(11)21-9-12/h1-4,8,10,12H,5-7,9H2,(H,17,20)(H,18,19)/t12-/m1/s1. The number of nitrogens with one attached hydrogen (secondary N) is 2. The molecule has 21 heavy (non-hydrogen) atoms. The first-order chi connectivity index (χ1) is 10.3. The number of H-pyrrole nitrogens is 1. The Morgan fingerprint density at radius 2 is 2.19 bits per heavy atom. The van der Waals surface area contributed by atoms with Gasteiger partial charge in [0.25, 0.3) is 5.91 Å². The van der Waals surface area contributed by atoms with Gasteiger partial charge in [-0.05, 0) is 37.0 Å². The molecule has 108 valence electrons. The molecule has 1 fully saturated rings. The van der Waals surface area contributed by atoms with Gasteiger partial charge in [0.15, 0.2) is 0 Å². The number of hydrogen-bond acceptors (Lipinski definition) is 3. The number of rotatable bonds is 3. The first-order valence-corrected chi connectivity index (χ1v) is 7.36. The molecule has 0 bridgehead atoms. The second kappa shape index (κ2) is 4.91. The lowest BCUT2D eigenvalue weighted by atomic mass is 10.0. The van der Waals surface area contributed by atoms with E-state index in [0.717, 1.165) is 23.4 Å². The molecule has 2 aromatic rings. The Kier molecular flexibility index (Phi) is 2.91. The summed E-state index contributed by atoms with van der Waals surface area (Å²) in [5, 5.41) is 10.1. The summed E-state index contributed by atoms with van der Waals surface area (Å²) in [6.07, 6.45) is 3.18. The van der Waals surface area contributed by atoms with Crippen molar-refractivity contribution in [1.29, 1.82) is 0 Å². The maximum atomic E-state index is 12.2. The second-order valence-corrected chi connectivity index (χ2v) is 5.78. The molecular formula is C16H17N3O2. The van der Waals surface area contributed by atoms with Crippen LogP contribution in [0.2, 0.25) is 0 Å². The first kappa shape index (κ1) is 12.4. The summed E-state index contributed by atoms with van der Waals surface area (Å²) in [5.41, 5.74) is 2.68. The molecule has 1 atom stereocenters. The van der Waals surface area contributed by atoms with E-state index < -0.39 is 0 Å². The normalized spacial score (nSPS) is 20.5. The van der Waals surface area contributed by atoms with Crippen LogP contribution in [0.4, 0.5) is 0 Å². The quantitative estimate of drug-likeness (QED) is 0.905. The molecule has 1 aromatic carbocycles. The Labute approximate surface area is 122 Å². The van der Waals surface area contributed by atoms with Gasteiger partial charge in [-0.1, -0.05) is 18.2 Å². The number of aromatic nitrogens is 2. The number of amides is 1. The fourth-order valence-electron chi connectivity index (χ4n) is 2.74. The van der Waals surface area contributed by atoms with Gasteiger partial charge in [0.1, 0.15) is 18.1 Å². The minimum absolute atomic E-state index is 0.00604. The smallest absolute Gasteiger partial charge is 0.272 e. The van der Waals surface area contributed by atoms with Crippen LogP contribution in [0.3, 0.4) is 0 Å². The van der Waals surface area contributed by atoms with Gasteiger partial charge >= 0.3 is 0 Å². The molecule has 0 saturated heterocycles. The summed E-state index contributed by atoms with van der Waals surface area (Å²) in [5.74, 6) is 1.36. The highest BCUT2D eigenvalue weighted by Crippen LogP contribution is 2.39. The van der Waals surface area contributed by atoms with Gasteiger partial charge in [0, 0.05) is 11.6 Å². The van der Waals surface area contributed by atoms with Crippen molar-refractivity contribution in [2.45, 2.75) is 31.2 Å². The zero-order valence-corrected chi connectivity index (χ0v) is 11.6. The SMILES string of the molecule is O=C(N[C@H]1COc2ccccc2C1)c1cc(C2CC2)[nH]n1. The number of fused-ring (bicyclic) bond motifs is 1. The molecule has 1 saturated carbocycles. The van der Waals surface area contributed by atoms with Crippen molar-refractivity contribution in [3.63, 3.8) is 0 Å². The molecule has 1 amide bonds. The lowest BCUT2D eigenvalue weighted by Gasteiger charge is -2.25. The third-order valence-corrected chi connectivity index (χ3v) is 4.06. The number of nitrogens with zero attached hydrogens (tertiary/aromatic N) is 1. The second-order valence-electron chi connectivity index (χ2n) is 5.78. The minimum Gasteiger partial charge on any atom is -0.491 e. The summed E-state index contributed by atoms with van der Waals surface area (Å²) < 4.78 is 5.68. The average molecular weight is 283 g/mol. The Morgan fingerprint density at radius 1 is 1.33 bits per heavy atom. The van der Waals surface area contributed by atoms with Gasteiger partial charge in [-0.25, -0.2) is 0 Å². The third-order valence-electron chi connectivity index (χ3n) is 4.06. The molecular weight excluding hydrogens is 266 g/mol. The van der Waals surface area contributed by atoms with Crippen LogP contribution in [-0.2, 0) is 6.42 Å². The highest BCUT2D eigenvalue weighted by molar-refractivity contribution is 5.92. The lowest BCUT2D eigenvalue weighted by Crippen LogP contribution is -2.42. The van der Waals surface area contributed by atoms with E-state index in [-0.39, 0.29) is 11.9 Å². The zero-order chi connectivity index (χ0) is 14.2. The van der Waals surface area contributed by atoms with E-state index in [0.29, 0.717) is 18.2 Å². The van der Waals surface area contributed by atoms with Gasteiger partial charge in [0.05, 0.1) is 6.04 Å². The fourth-order valence-corrected chi connectivity index (χ4v) is 2.74. The van der Waals surface area contributed by atoms with E-state index in [2.05, 4.69) is 15.5 Å². The van der Waals surface area contributed by atoms with Crippen molar-refractivity contribution < 1.29 is 9.53 Å². The zero-order valence-electron chi connectivity index (χ0n) is 11.6. The van der Waals surface area contributed by atoms with Gasteiger partial charge in [0.2, 0.25) is 0 Å². The molecule has 0 unspecified atom stereocenters. The molecule has 2 N–H and O–H groups in total. The van der Waals surface area contributed by atoms with Gasteiger partial charge < -0.3 is 10.1 Å². The van der Waals surface area contributed by atoms with Crippen molar-refractivity contribution in [3.05, 3.63) is 47.3 Å². The van der Waals surface area contributed by atoms with Crippen molar-refractivity contribution >= 4 is 5.91 Å². The van der Waals surface area contributed by atoms with Crippen molar-refractivity contribution in [3.8, 4) is 5.75 Å². The number of ether oxygens (including phenoxy) is 1. The molecule has 4 rings (SSSR count). The third kappa shape index (κ3) is 2.51. The molecule has 2 heterocycles. The van der Waals surface area contributed by atoms with Crippen LogP contribution in [0.25, 0.3) is 0 Å². The first-order valence-electron chi connectivity index (χ1n) is 7.36. The van der Waals surface area contributed by atoms with Crippen LogP contribution < -0.4 is 10.1 Å². The van der Waals surface area contributed by atoms with E-state index in [9.17, 15) is 4.79 Å². The van der Waals surface area contributed by atoms with Gasteiger partial charge in [-0.15, -0.1) is 0 Å². The summed E-state index contributed by atoms with van der Waals surface area (Å²) in [4.78, 5) is 12.2. The van der Waals surface area contributed by atoms with E-state index in [4.69, 9.17) is 4.74 Å². The monoisotopic (exact) mass is 283 g/mol. The molecule has 5 heteroatoms. The van der Waals surface area contributed by atoms with Crippen molar-refractivity contribution in [1.82, 2.24) is 15.5 Å². The molecule has 1 aliphatic carbocycles. The molecule has 0 spiro atoms. The van der Waals surface area contributed by atoms with Crippen LogP contribution in [0.1, 0.15) is 40.5 Å². The van der Waals surface area contributed by atoms with Crippen LogP contribution in [0.15, 0.2) is 30.3 Å². The van der Waals surface area contributed by atoms with Crippen LogP contribution in [0, 0.1) is 0 Å². The number of benzene rings is 1. The summed E-state index contributed by atoms with van der Waals surface area (Å²) >= 11 is 0. The predicted octanol–water partition coefficient (Wildman–Crippen LogP) is 2.02.